The molecule has 0 bridgehead atoms. The third-order valence-electron chi connectivity index (χ3n) is 6.34. The summed E-state index contributed by atoms with van der Waals surface area (Å²) in [5.74, 6) is -0.221. The van der Waals surface area contributed by atoms with Crippen LogP contribution in [-0.4, -0.2) is 91.5 Å². The number of carbonyl (C=O) groups excluding carboxylic acids is 1. The minimum Gasteiger partial charge on any atom is -0.385 e. The number of nitriles is 1. The maximum absolute atomic E-state index is 15.1. The zero-order valence-electron chi connectivity index (χ0n) is 21.1. The van der Waals surface area contributed by atoms with Crippen molar-refractivity contribution in [2.75, 3.05) is 52.7 Å². The monoisotopic (exact) mass is 528 g/mol. The summed E-state index contributed by atoms with van der Waals surface area (Å²) in [6, 6.07) is 3.92. The number of dihydropyridines is 1. The first-order valence-electron chi connectivity index (χ1n) is 12.6. The van der Waals surface area contributed by atoms with Crippen LogP contribution in [0.5, 0.6) is 0 Å². The minimum atomic E-state index is -1.45. The second-order valence-corrected chi connectivity index (χ2v) is 9.29. The molecule has 2 atom stereocenters. The Hall–Kier alpha value is -3.44. The minimum absolute atomic E-state index is 0.0484. The van der Waals surface area contributed by atoms with Crippen LogP contribution in [-0.2, 0) is 19.0 Å². The third kappa shape index (κ3) is 6.70. The van der Waals surface area contributed by atoms with E-state index in [0.29, 0.717) is 61.1 Å². The van der Waals surface area contributed by atoms with E-state index in [1.54, 1.807) is 18.3 Å². The van der Waals surface area contributed by atoms with Gasteiger partial charge in [0.2, 0.25) is 5.91 Å². The molecule has 3 heterocycles. The van der Waals surface area contributed by atoms with Crippen molar-refractivity contribution in [3.8, 4) is 6.07 Å². The highest BCUT2D eigenvalue weighted by molar-refractivity contribution is 6.02. The summed E-state index contributed by atoms with van der Waals surface area (Å²) in [6.45, 7) is 2.01. The van der Waals surface area contributed by atoms with Crippen LogP contribution < -0.4 is 16.8 Å². The number of aromatic nitrogens is 3. The van der Waals surface area contributed by atoms with Crippen LogP contribution in [0.4, 0.5) is 4.39 Å². The number of allylic oxidation sites excluding steroid dienone is 1. The van der Waals surface area contributed by atoms with Gasteiger partial charge in [-0.2, -0.15) is 15.0 Å². The number of rotatable bonds is 15. The van der Waals surface area contributed by atoms with Crippen molar-refractivity contribution in [2.24, 2.45) is 21.9 Å². The molecule has 5 N–H and O–H groups in total. The number of alkyl halides is 1. The molecule has 38 heavy (non-hydrogen) atoms. The van der Waals surface area contributed by atoms with Crippen LogP contribution >= 0.6 is 0 Å². The molecular formula is C25H33FN8O4. The Morgan fingerprint density at radius 2 is 1.97 bits per heavy atom. The van der Waals surface area contributed by atoms with Gasteiger partial charge in [0.1, 0.15) is 17.7 Å². The first-order valence-corrected chi connectivity index (χ1v) is 12.6. The maximum Gasteiger partial charge on any atom is 0.231 e. The van der Waals surface area contributed by atoms with Gasteiger partial charge in [-0.25, -0.2) is 9.37 Å². The second kappa shape index (κ2) is 12.9. The quantitative estimate of drug-likeness (QED) is 0.276. The maximum atomic E-state index is 15.1. The van der Waals surface area contributed by atoms with Gasteiger partial charge in [-0.1, -0.05) is 0 Å². The second-order valence-electron chi connectivity index (χ2n) is 9.29. The lowest BCUT2D eigenvalue weighted by Gasteiger charge is -2.36. The van der Waals surface area contributed by atoms with Crippen LogP contribution in [0.1, 0.15) is 24.8 Å². The molecule has 1 fully saturated rings. The normalized spacial score (nSPS) is 20.0. The van der Waals surface area contributed by atoms with Gasteiger partial charge in [0.15, 0.2) is 11.5 Å². The van der Waals surface area contributed by atoms with Crippen molar-refractivity contribution in [1.82, 2.24) is 20.1 Å². The lowest BCUT2D eigenvalue weighted by Crippen LogP contribution is -2.50. The summed E-state index contributed by atoms with van der Waals surface area (Å²) >= 11 is 0. The van der Waals surface area contributed by atoms with Crippen LogP contribution in [0, 0.1) is 16.7 Å². The van der Waals surface area contributed by atoms with Gasteiger partial charge in [0.25, 0.3) is 0 Å². The molecule has 204 valence electrons. The number of carbonyl (C=O) groups is 1. The number of hydrogen-bond acceptors (Lipinski definition) is 10. The highest BCUT2D eigenvalue weighted by atomic mass is 19.1. The van der Waals surface area contributed by atoms with E-state index in [-0.39, 0.29) is 32.2 Å². The van der Waals surface area contributed by atoms with Crippen molar-refractivity contribution in [2.45, 2.75) is 31.5 Å². The molecule has 12 nitrogen and oxygen atoms in total. The smallest absolute Gasteiger partial charge is 0.231 e. The predicted octanol–water partition coefficient (Wildman–Crippen LogP) is 0.407. The molecular weight excluding hydrogens is 495 g/mol. The molecule has 2 aromatic rings. The number of aliphatic imine (C=N–C) groups is 1. The van der Waals surface area contributed by atoms with Gasteiger partial charge in [-0.3, -0.25) is 9.79 Å². The molecule has 1 saturated carbocycles. The number of nitrogens with zero attached hydrogens (tertiary/aromatic N) is 5. The van der Waals surface area contributed by atoms with Crippen LogP contribution in [0.2, 0.25) is 0 Å². The van der Waals surface area contributed by atoms with Crippen LogP contribution in [0.3, 0.4) is 0 Å². The SMILES string of the molecule is N#Cc1cnc2c(cnn2C2=NCC(CC(F)COCCOCCOCCN)(C(N)=O)C(NC3CC3)=C2)c1. The van der Waals surface area contributed by atoms with Gasteiger partial charge in [0, 0.05) is 42.4 Å². The van der Waals surface area contributed by atoms with Crippen molar-refractivity contribution in [3.05, 3.63) is 35.8 Å². The van der Waals surface area contributed by atoms with E-state index >= 15 is 4.39 Å². The molecule has 4 rings (SSSR count). The molecule has 1 amide bonds. The van der Waals surface area contributed by atoms with E-state index in [0.717, 1.165) is 12.8 Å². The highest BCUT2D eigenvalue weighted by Crippen LogP contribution is 2.37. The summed E-state index contributed by atoms with van der Waals surface area (Å²) in [7, 11) is 0. The molecule has 0 spiro atoms. The molecule has 2 aliphatic rings. The first-order chi connectivity index (χ1) is 18.5. The van der Waals surface area contributed by atoms with Crippen molar-refractivity contribution in [3.63, 3.8) is 0 Å². The molecule has 2 aromatic heterocycles. The molecule has 13 heteroatoms. The van der Waals surface area contributed by atoms with E-state index in [1.807, 2.05) is 0 Å². The van der Waals surface area contributed by atoms with E-state index in [1.165, 1.54) is 10.9 Å². The lowest BCUT2D eigenvalue weighted by atomic mass is 9.77. The van der Waals surface area contributed by atoms with Gasteiger partial charge in [-0.05, 0) is 18.9 Å². The Bertz CT molecular complexity index is 1220. The van der Waals surface area contributed by atoms with Gasteiger partial charge >= 0.3 is 0 Å². The summed E-state index contributed by atoms with van der Waals surface area (Å²) in [4.78, 5) is 21.7. The fraction of sp³-hybridized carbons (Fsp3) is 0.560. The van der Waals surface area contributed by atoms with E-state index in [9.17, 15) is 4.79 Å². The summed E-state index contributed by atoms with van der Waals surface area (Å²) < 4.78 is 32.7. The van der Waals surface area contributed by atoms with Crippen LogP contribution in [0.15, 0.2) is 35.2 Å². The Labute approximate surface area is 219 Å². The zero-order valence-corrected chi connectivity index (χ0v) is 21.1. The van der Waals surface area contributed by atoms with Crippen molar-refractivity contribution >= 4 is 22.8 Å². The molecule has 0 saturated heterocycles. The summed E-state index contributed by atoms with van der Waals surface area (Å²) in [5, 5.41) is 17.5. The van der Waals surface area contributed by atoms with E-state index in [2.05, 4.69) is 26.5 Å². The van der Waals surface area contributed by atoms with Crippen LogP contribution in [0.25, 0.3) is 11.0 Å². The molecule has 0 aromatic carbocycles. The topological polar surface area (TPSA) is 176 Å². The number of fused-ring (bicyclic) bond motifs is 1. The van der Waals surface area contributed by atoms with Crippen molar-refractivity contribution in [1.29, 1.82) is 5.26 Å². The highest BCUT2D eigenvalue weighted by Gasteiger charge is 2.46. The molecule has 1 aliphatic carbocycles. The number of amides is 1. The van der Waals surface area contributed by atoms with Gasteiger partial charge < -0.3 is 31.0 Å². The molecule has 2 unspecified atom stereocenters. The number of hydrogen-bond donors (Lipinski definition) is 3. The fourth-order valence-electron chi connectivity index (χ4n) is 4.18. The fourth-order valence-corrected chi connectivity index (χ4v) is 4.18. The van der Waals surface area contributed by atoms with Gasteiger partial charge in [0.05, 0.1) is 57.9 Å². The van der Waals surface area contributed by atoms with Crippen molar-refractivity contribution < 1.29 is 23.4 Å². The average Bonchev–Trinajstić information content (AvgIpc) is 3.63. The number of nitrogens with two attached hydrogens (primary N) is 2. The zero-order chi connectivity index (χ0) is 27.0. The van der Waals surface area contributed by atoms with E-state index in [4.69, 9.17) is 30.9 Å². The third-order valence-corrected chi connectivity index (χ3v) is 6.34. The first kappa shape index (κ1) is 27.6. The standard InChI is InChI=1S/C25H33FN8O4/c26-19(15-38-8-7-37-6-5-36-4-3-27)11-25(24(29)35)16-31-22(10-21(25)33-20-1-2-20)34-23-18(14-32-34)9-17(12-28)13-30-23/h9-10,13-14,19-20,33H,1-8,11,15-16,27H2,(H2,29,35). The Kier molecular flexibility index (Phi) is 9.35. The number of halogens is 1. The summed E-state index contributed by atoms with van der Waals surface area (Å²) in [5.41, 5.74) is 11.3. The Morgan fingerprint density at radius 1 is 1.24 bits per heavy atom. The molecule has 1 aliphatic heterocycles. The average molecular weight is 529 g/mol. The largest absolute Gasteiger partial charge is 0.385 e. The number of nitrogens with one attached hydrogen (secondary N) is 1. The van der Waals surface area contributed by atoms with E-state index < -0.39 is 17.5 Å². The number of primary amides is 1. The Morgan fingerprint density at radius 3 is 2.66 bits per heavy atom. The number of pyridine rings is 1. The predicted molar refractivity (Wildman–Crippen MR) is 137 cm³/mol. The van der Waals surface area contributed by atoms with Gasteiger partial charge in [-0.15, -0.1) is 0 Å². The summed E-state index contributed by atoms with van der Waals surface area (Å²) in [6.07, 6.45) is 5.00. The molecule has 0 radical (unpaired) electrons. The lowest BCUT2D eigenvalue weighted by molar-refractivity contribution is -0.127. The Balaban J connectivity index is 1.41. The number of ether oxygens (including phenoxy) is 3.